The Bertz CT molecular complexity index is 2040. The van der Waals surface area contributed by atoms with E-state index in [0.717, 1.165) is 0 Å². The molecule has 6 rings (SSSR count). The summed E-state index contributed by atoms with van der Waals surface area (Å²) >= 11 is 0. The van der Waals surface area contributed by atoms with Crippen molar-refractivity contribution in [3.8, 4) is 57.3 Å². The Balaban J connectivity index is 0.861. The highest BCUT2D eigenvalue weighted by Gasteiger charge is 2.13. The summed E-state index contributed by atoms with van der Waals surface area (Å²) in [6.07, 6.45) is 0. The first-order valence-electron chi connectivity index (χ1n) is 17.5. The van der Waals surface area contributed by atoms with Gasteiger partial charge in [-0.1, -0.05) is 0 Å². The monoisotopic (exact) mass is 780 g/mol. The van der Waals surface area contributed by atoms with Crippen LogP contribution in [0.3, 0.4) is 0 Å². The first-order chi connectivity index (χ1) is 27.8. The van der Waals surface area contributed by atoms with E-state index < -0.39 is 0 Å². The molecule has 0 bridgehead atoms. The number of amides is 2. The summed E-state index contributed by atoms with van der Waals surface area (Å²) in [4.78, 5) is 27.6. The maximum absolute atomic E-state index is 12.6. The van der Waals surface area contributed by atoms with Crippen LogP contribution in [0.1, 0.15) is 0 Å². The molecule has 296 valence electrons. The van der Waals surface area contributed by atoms with Crippen LogP contribution in [0.25, 0.3) is 22.8 Å². The first-order valence-corrected chi connectivity index (χ1v) is 17.5. The quantitative estimate of drug-likeness (QED) is 0.106. The van der Waals surface area contributed by atoms with Gasteiger partial charge in [0.1, 0.15) is 60.8 Å². The molecule has 6 aromatic rings. The van der Waals surface area contributed by atoms with Crippen LogP contribution in [-0.4, -0.2) is 107 Å². The number of nitrogens with zero attached hydrogens (tertiary/aromatic N) is 8. The molecule has 0 unspecified atom stereocenters. The number of nitrogens with one attached hydrogen (secondary N) is 2. The van der Waals surface area contributed by atoms with Crippen LogP contribution in [-0.2, 0) is 27.4 Å². The van der Waals surface area contributed by atoms with Crippen LogP contribution in [0.4, 0.5) is 11.4 Å². The molecule has 2 aromatic heterocycles. The molecule has 0 fully saturated rings. The summed E-state index contributed by atoms with van der Waals surface area (Å²) in [5.74, 6) is 3.53. The number of anilines is 2. The molecule has 2 amide bonds. The SMILES string of the molecule is COc1cc(NC(=O)Cn2nnc(-c3ccc(OCCOCCOc4ccc(-c5nnn(CC(=O)Nc6cc(OC)cc(OC)c6)n5)cc4)cc3)n2)cc(OC)c1. The average molecular weight is 781 g/mol. The molecule has 2 N–H and O–H groups in total. The normalized spacial score (nSPS) is 10.7. The number of carbonyl (C=O) groups is 2. The molecule has 0 aliphatic rings. The lowest BCUT2D eigenvalue weighted by Gasteiger charge is -2.09. The van der Waals surface area contributed by atoms with Gasteiger partial charge in [-0.05, 0) is 59.0 Å². The highest BCUT2D eigenvalue weighted by atomic mass is 16.5. The third-order valence-electron chi connectivity index (χ3n) is 7.96. The van der Waals surface area contributed by atoms with E-state index >= 15 is 0 Å². The van der Waals surface area contributed by atoms with Crippen molar-refractivity contribution in [2.24, 2.45) is 0 Å². The fourth-order valence-electron chi connectivity index (χ4n) is 5.21. The van der Waals surface area contributed by atoms with Gasteiger partial charge >= 0.3 is 0 Å². The van der Waals surface area contributed by atoms with Crippen molar-refractivity contribution in [3.05, 3.63) is 84.9 Å². The van der Waals surface area contributed by atoms with Crippen molar-refractivity contribution in [2.75, 3.05) is 65.5 Å². The van der Waals surface area contributed by atoms with Crippen molar-refractivity contribution >= 4 is 23.2 Å². The predicted octanol–water partition coefficient (Wildman–Crippen LogP) is 3.78. The van der Waals surface area contributed by atoms with Gasteiger partial charge in [-0.3, -0.25) is 9.59 Å². The van der Waals surface area contributed by atoms with Gasteiger partial charge in [0.25, 0.3) is 0 Å². The standard InChI is InChI=1S/C38H40N10O9/c1-51-31-17-27(18-32(21-31)52-2)39-35(49)23-47-43-37(41-45-47)25-5-9-29(10-6-25)56-15-13-55-14-16-57-30-11-7-26(8-12-30)38-42-46-48(44-38)24-36(50)40-28-19-33(53-3)22-34(20-28)54-4/h5-12,17-22H,13-16,23-24H2,1-4H3,(H,39,49)(H,40,50). The summed E-state index contributed by atoms with van der Waals surface area (Å²) in [5, 5.41) is 30.3. The minimum Gasteiger partial charge on any atom is -0.497 e. The van der Waals surface area contributed by atoms with Gasteiger partial charge in [-0.15, -0.1) is 20.4 Å². The van der Waals surface area contributed by atoms with Gasteiger partial charge < -0.3 is 43.8 Å². The smallest absolute Gasteiger partial charge is 0.248 e. The summed E-state index contributed by atoms with van der Waals surface area (Å²) in [6, 6.07) is 24.5. The van der Waals surface area contributed by atoms with E-state index in [-0.39, 0.29) is 24.9 Å². The Kier molecular flexibility index (Phi) is 13.4. The van der Waals surface area contributed by atoms with Gasteiger partial charge in [0, 0.05) is 58.9 Å². The third kappa shape index (κ3) is 11.4. The average Bonchev–Trinajstić information content (AvgIpc) is 3.90. The summed E-state index contributed by atoms with van der Waals surface area (Å²) in [7, 11) is 6.13. The number of hydrogen-bond acceptors (Lipinski definition) is 15. The highest BCUT2D eigenvalue weighted by molar-refractivity contribution is 5.91. The number of benzene rings is 4. The van der Waals surface area contributed by atoms with E-state index in [1.165, 1.54) is 38.0 Å². The van der Waals surface area contributed by atoms with E-state index in [2.05, 4.69) is 41.5 Å². The van der Waals surface area contributed by atoms with Crippen molar-refractivity contribution in [2.45, 2.75) is 13.1 Å². The van der Waals surface area contributed by atoms with Crippen LogP contribution >= 0.6 is 0 Å². The van der Waals surface area contributed by atoms with E-state index in [9.17, 15) is 9.59 Å². The van der Waals surface area contributed by atoms with Gasteiger partial charge in [-0.2, -0.15) is 9.59 Å². The highest BCUT2D eigenvalue weighted by Crippen LogP contribution is 2.27. The Hall–Kier alpha value is -7.28. The zero-order valence-electron chi connectivity index (χ0n) is 31.6. The second kappa shape index (κ2) is 19.4. The molecule has 0 saturated heterocycles. The number of tetrazole rings is 2. The zero-order chi connectivity index (χ0) is 40.0. The minimum absolute atomic E-state index is 0.137. The summed E-state index contributed by atoms with van der Waals surface area (Å²) in [5.41, 5.74) is 2.45. The molecular weight excluding hydrogens is 740 g/mol. The molecule has 19 nitrogen and oxygen atoms in total. The maximum Gasteiger partial charge on any atom is 0.248 e. The van der Waals surface area contributed by atoms with Crippen LogP contribution in [0.5, 0.6) is 34.5 Å². The Morgan fingerprint density at radius 3 is 1.23 bits per heavy atom. The number of aromatic nitrogens is 8. The van der Waals surface area contributed by atoms with Crippen LogP contribution in [0.2, 0.25) is 0 Å². The van der Waals surface area contributed by atoms with Crippen molar-refractivity contribution in [1.82, 2.24) is 40.4 Å². The van der Waals surface area contributed by atoms with Crippen molar-refractivity contribution < 1.29 is 42.7 Å². The topological polar surface area (TPSA) is 210 Å². The number of rotatable bonds is 20. The molecule has 0 saturated carbocycles. The predicted molar refractivity (Wildman–Crippen MR) is 205 cm³/mol. The fraction of sp³-hybridized carbons (Fsp3) is 0.263. The lowest BCUT2D eigenvalue weighted by molar-refractivity contribution is -0.118. The van der Waals surface area contributed by atoms with Crippen molar-refractivity contribution in [1.29, 1.82) is 0 Å². The molecular formula is C38H40N10O9. The fourth-order valence-corrected chi connectivity index (χ4v) is 5.21. The second-order valence-electron chi connectivity index (χ2n) is 11.9. The Morgan fingerprint density at radius 1 is 0.509 bits per heavy atom. The largest absolute Gasteiger partial charge is 0.497 e. The molecule has 0 atom stereocenters. The van der Waals surface area contributed by atoms with Crippen LogP contribution in [0.15, 0.2) is 84.9 Å². The van der Waals surface area contributed by atoms with Gasteiger partial charge in [-0.25, -0.2) is 0 Å². The molecule has 0 aliphatic carbocycles. The van der Waals surface area contributed by atoms with E-state index in [0.29, 0.717) is 95.1 Å². The van der Waals surface area contributed by atoms with E-state index in [1.54, 1.807) is 84.9 Å². The van der Waals surface area contributed by atoms with Gasteiger partial charge in [0.2, 0.25) is 23.5 Å². The van der Waals surface area contributed by atoms with Crippen LogP contribution in [0, 0.1) is 0 Å². The Morgan fingerprint density at radius 2 is 0.877 bits per heavy atom. The van der Waals surface area contributed by atoms with E-state index in [4.69, 9.17) is 33.2 Å². The zero-order valence-corrected chi connectivity index (χ0v) is 31.6. The maximum atomic E-state index is 12.6. The first kappa shape index (κ1) is 39.4. The summed E-state index contributed by atoms with van der Waals surface area (Å²) < 4.78 is 38.2. The number of carbonyl (C=O) groups excluding carboxylic acids is 2. The molecule has 0 radical (unpaired) electrons. The van der Waals surface area contributed by atoms with Gasteiger partial charge in [0.15, 0.2) is 0 Å². The third-order valence-corrected chi connectivity index (χ3v) is 7.96. The molecule has 0 aliphatic heterocycles. The van der Waals surface area contributed by atoms with E-state index in [1.807, 2.05) is 0 Å². The van der Waals surface area contributed by atoms with Crippen molar-refractivity contribution in [3.63, 3.8) is 0 Å². The summed E-state index contributed by atoms with van der Waals surface area (Å²) in [6.45, 7) is 1.11. The number of ether oxygens (including phenoxy) is 7. The number of methoxy groups -OCH3 is 4. The van der Waals surface area contributed by atoms with Gasteiger partial charge in [0.05, 0.1) is 41.7 Å². The lowest BCUT2D eigenvalue weighted by Crippen LogP contribution is -2.20. The second-order valence-corrected chi connectivity index (χ2v) is 11.9. The Labute approximate surface area is 326 Å². The molecule has 0 spiro atoms. The van der Waals surface area contributed by atoms with Crippen LogP contribution < -0.4 is 39.1 Å². The minimum atomic E-state index is -0.340. The molecule has 2 heterocycles. The number of hydrogen-bond donors (Lipinski definition) is 2. The lowest BCUT2D eigenvalue weighted by atomic mass is 10.2. The molecule has 4 aromatic carbocycles. The molecule has 57 heavy (non-hydrogen) atoms. The molecule has 19 heteroatoms.